The van der Waals surface area contributed by atoms with Crippen LogP contribution in [0.3, 0.4) is 0 Å². The number of imide groups is 1. The van der Waals surface area contributed by atoms with Gasteiger partial charge in [0.1, 0.15) is 0 Å². The molecule has 0 aromatic rings. The fourth-order valence-corrected chi connectivity index (χ4v) is 1.15. The number of nitriles is 1. The Kier molecular flexibility index (Phi) is 4.45. The van der Waals surface area contributed by atoms with Gasteiger partial charge in [0, 0.05) is 46.3 Å². The van der Waals surface area contributed by atoms with E-state index < -0.39 is 23.1 Å². The standard InChI is InChI=1S/C8H10N2O2.Pm/c1-8(2,4-9)5-3-6(11)10-7(5)12;/h5H,3H2,1-2H3,(H,10,11,12);/p-1. The van der Waals surface area contributed by atoms with Crippen LogP contribution >= 0.6 is 0 Å². The second-order valence-corrected chi connectivity index (χ2v) is 3.43. The molecule has 4 nitrogen and oxygen atoms in total. The summed E-state index contributed by atoms with van der Waals surface area (Å²) >= 11 is 0. The van der Waals surface area contributed by atoms with Crippen LogP contribution in [0.15, 0.2) is 0 Å². The van der Waals surface area contributed by atoms with E-state index in [-0.39, 0.29) is 46.8 Å². The van der Waals surface area contributed by atoms with Gasteiger partial charge < -0.3 is 14.9 Å². The number of hydrogen-bond acceptors (Lipinski definition) is 3. The van der Waals surface area contributed by atoms with Crippen molar-refractivity contribution >= 4 is 11.8 Å². The van der Waals surface area contributed by atoms with Gasteiger partial charge in [-0.3, -0.25) is 0 Å². The van der Waals surface area contributed by atoms with Crippen molar-refractivity contribution in [2.75, 3.05) is 0 Å². The Bertz CT molecular complexity index is 280. The molecular weight excluding hydrogens is 301 g/mol. The second-order valence-electron chi connectivity index (χ2n) is 3.43. The van der Waals surface area contributed by atoms with Crippen molar-refractivity contribution in [3.8, 4) is 6.07 Å². The summed E-state index contributed by atoms with van der Waals surface area (Å²) in [6.45, 7) is 3.29. The molecule has 0 aliphatic carbocycles. The number of nitrogens with zero attached hydrogens (tertiary/aromatic N) is 2. The fourth-order valence-electron chi connectivity index (χ4n) is 1.15. The molecule has 13 heavy (non-hydrogen) atoms. The summed E-state index contributed by atoms with van der Waals surface area (Å²) in [6, 6.07) is 2.00. The number of carbonyl (C=O) groups is 2. The molecule has 1 aliphatic heterocycles. The molecule has 2 amide bonds. The van der Waals surface area contributed by atoms with Gasteiger partial charge in [0.2, 0.25) is 0 Å². The molecule has 0 saturated carbocycles. The van der Waals surface area contributed by atoms with Gasteiger partial charge in [-0.05, 0) is 20.3 Å². The van der Waals surface area contributed by atoms with Gasteiger partial charge in [0.25, 0.3) is 0 Å². The zero-order chi connectivity index (χ0) is 9.35. The first kappa shape index (κ1) is 13.0. The molecule has 1 aliphatic rings. The molecule has 1 saturated heterocycles. The minimum absolute atomic E-state index is 0. The van der Waals surface area contributed by atoms with Gasteiger partial charge in [-0.25, -0.2) is 0 Å². The zero-order valence-corrected chi connectivity index (χ0v) is 10.3. The summed E-state index contributed by atoms with van der Waals surface area (Å²) in [5.74, 6) is -1.41. The minimum Gasteiger partial charge on any atom is -0.596 e. The Morgan fingerprint density at radius 2 is 2.08 bits per heavy atom. The first-order valence-corrected chi connectivity index (χ1v) is 3.67. The molecule has 1 unspecified atom stereocenters. The van der Waals surface area contributed by atoms with Crippen LogP contribution in [0.4, 0.5) is 0 Å². The molecule has 1 radical (unpaired) electrons. The smallest absolute Gasteiger partial charge is 0.0691 e. The van der Waals surface area contributed by atoms with Crippen molar-refractivity contribution in [1.82, 2.24) is 0 Å². The summed E-state index contributed by atoms with van der Waals surface area (Å²) in [7, 11) is 0. The Hall–Kier alpha value is -0.0323. The number of carbonyl (C=O) groups excluding carboxylic acids is 2. The maximum atomic E-state index is 11.1. The van der Waals surface area contributed by atoms with Gasteiger partial charge in [0.15, 0.2) is 0 Å². The molecule has 0 aromatic heterocycles. The molecule has 5 heteroatoms. The van der Waals surface area contributed by atoms with E-state index in [4.69, 9.17) is 5.26 Å². The van der Waals surface area contributed by atoms with Crippen molar-refractivity contribution in [2.45, 2.75) is 20.3 Å². The van der Waals surface area contributed by atoms with Crippen LogP contribution in [-0.2, 0) is 9.59 Å². The van der Waals surface area contributed by atoms with Crippen molar-refractivity contribution < 1.29 is 50.0 Å². The third-order valence-corrected chi connectivity index (χ3v) is 2.07. The van der Waals surface area contributed by atoms with E-state index in [2.05, 4.69) is 5.32 Å². The van der Waals surface area contributed by atoms with Crippen LogP contribution in [-0.4, -0.2) is 11.8 Å². The van der Waals surface area contributed by atoms with Crippen molar-refractivity contribution in [3.05, 3.63) is 5.32 Å². The summed E-state index contributed by atoms with van der Waals surface area (Å²) < 4.78 is 0. The fraction of sp³-hybridized carbons (Fsp3) is 0.625. The van der Waals surface area contributed by atoms with E-state index in [0.29, 0.717) is 0 Å². The topological polar surface area (TPSA) is 72.0 Å². The molecule has 0 spiro atoms. The van der Waals surface area contributed by atoms with Gasteiger partial charge in [-0.15, -0.1) is 0 Å². The van der Waals surface area contributed by atoms with E-state index in [1.807, 2.05) is 6.07 Å². The molecule has 0 N–H and O–H groups in total. The molecule has 1 atom stereocenters. The minimum atomic E-state index is -0.785. The van der Waals surface area contributed by atoms with Crippen LogP contribution < -0.4 is 0 Å². The average molecular weight is 310 g/mol. The third-order valence-electron chi connectivity index (χ3n) is 2.07. The Morgan fingerprint density at radius 3 is 2.38 bits per heavy atom. The monoisotopic (exact) mass is 310 g/mol. The quantitative estimate of drug-likeness (QED) is 0.678. The van der Waals surface area contributed by atoms with Crippen LogP contribution in [0.1, 0.15) is 20.3 Å². The van der Waals surface area contributed by atoms with Gasteiger partial charge in [-0.2, -0.15) is 5.26 Å². The number of amides is 2. The predicted octanol–water partition coefficient (Wildman–Crippen LogP) is 0.983. The van der Waals surface area contributed by atoms with Gasteiger partial charge in [-0.1, -0.05) is 0 Å². The Balaban J connectivity index is 0.00000144. The van der Waals surface area contributed by atoms with Crippen molar-refractivity contribution in [1.29, 1.82) is 5.26 Å². The van der Waals surface area contributed by atoms with Crippen molar-refractivity contribution in [2.24, 2.45) is 11.3 Å². The van der Waals surface area contributed by atoms with Crippen LogP contribution in [0.2, 0.25) is 0 Å². The Morgan fingerprint density at radius 1 is 1.54 bits per heavy atom. The Labute approximate surface area is 109 Å². The molecule has 1 rings (SSSR count). The van der Waals surface area contributed by atoms with E-state index >= 15 is 0 Å². The first-order chi connectivity index (χ1) is 5.47. The molecule has 0 aromatic carbocycles. The third kappa shape index (κ3) is 2.70. The van der Waals surface area contributed by atoms with E-state index in [9.17, 15) is 9.59 Å². The van der Waals surface area contributed by atoms with Gasteiger partial charge in [0.05, 0.1) is 23.3 Å². The summed E-state index contributed by atoms with van der Waals surface area (Å²) in [4.78, 5) is 21.8. The first-order valence-electron chi connectivity index (χ1n) is 3.67. The largest absolute Gasteiger partial charge is 0.596 e. The number of hydrogen-bond donors (Lipinski definition) is 0. The normalized spacial score (nSPS) is 21.8. The van der Waals surface area contributed by atoms with E-state index in [1.54, 1.807) is 13.8 Å². The zero-order valence-electron chi connectivity index (χ0n) is 7.44. The van der Waals surface area contributed by atoms with Crippen LogP contribution in [0, 0.1) is 63.1 Å². The maximum Gasteiger partial charge on any atom is 0.0691 e. The van der Waals surface area contributed by atoms with E-state index in [1.165, 1.54) is 0 Å². The molecule has 1 fully saturated rings. The van der Waals surface area contributed by atoms with Crippen LogP contribution in [0.25, 0.3) is 5.32 Å². The summed E-state index contributed by atoms with van der Waals surface area (Å²) in [6.07, 6.45) is 0.0827. The summed E-state index contributed by atoms with van der Waals surface area (Å²) in [5.41, 5.74) is -0.785. The molecule has 0 bridgehead atoms. The number of rotatable bonds is 1. The van der Waals surface area contributed by atoms with Gasteiger partial charge >= 0.3 is 0 Å². The molecule has 1 heterocycles. The average Bonchev–Trinajstić information content (AvgIpc) is 2.31. The van der Waals surface area contributed by atoms with Crippen molar-refractivity contribution in [3.63, 3.8) is 0 Å². The SMILES string of the molecule is CC(C)(C#N)C1CC(=O)[N-]C1=O.[Pm]. The molecule has 69 valence electrons. The predicted molar refractivity (Wildman–Crippen MR) is 40.9 cm³/mol. The van der Waals surface area contributed by atoms with Crippen LogP contribution in [0.5, 0.6) is 0 Å². The second kappa shape index (κ2) is 4.46. The summed E-state index contributed by atoms with van der Waals surface area (Å²) in [5, 5.41) is 12.0. The maximum absolute atomic E-state index is 11.1. The molecular formula is C8H9N2O2Pm-. The van der Waals surface area contributed by atoms with E-state index in [0.717, 1.165) is 0 Å².